The van der Waals surface area contributed by atoms with Crippen LogP contribution in [0.5, 0.6) is 0 Å². The predicted molar refractivity (Wildman–Crippen MR) is 101 cm³/mol. The number of fused-ring (bicyclic) bond motifs is 1. The van der Waals surface area contributed by atoms with Gasteiger partial charge in [-0.15, -0.1) is 34.2 Å². The quantitative estimate of drug-likeness (QED) is 0.431. The van der Waals surface area contributed by atoms with Crippen molar-refractivity contribution in [1.29, 1.82) is 0 Å². The lowest BCUT2D eigenvalue weighted by atomic mass is 10.3. The number of guanidine groups is 1. The minimum absolute atomic E-state index is 0. The Balaban J connectivity index is 0.00000242. The van der Waals surface area contributed by atoms with Crippen LogP contribution < -0.4 is 10.6 Å². The number of hydrogen-bond acceptors (Lipinski definition) is 3. The standard InChI is InChI=1S/C15H24N6.HI/c1-4-12(3)18-15(16-5-2)17-10-9-14-20-19-13-8-6-7-11-21(13)14;/h6-8,11-12H,4-5,9-10H2,1-3H3,(H2,16,17,18);1H. The Morgan fingerprint density at radius 1 is 1.32 bits per heavy atom. The first kappa shape index (κ1) is 18.7. The Labute approximate surface area is 148 Å². The summed E-state index contributed by atoms with van der Waals surface area (Å²) >= 11 is 0. The predicted octanol–water partition coefficient (Wildman–Crippen LogP) is 2.24. The van der Waals surface area contributed by atoms with Gasteiger partial charge >= 0.3 is 0 Å². The highest BCUT2D eigenvalue weighted by Gasteiger charge is 2.05. The van der Waals surface area contributed by atoms with E-state index in [2.05, 4.69) is 46.6 Å². The molecule has 7 heteroatoms. The monoisotopic (exact) mass is 416 g/mol. The molecule has 22 heavy (non-hydrogen) atoms. The zero-order chi connectivity index (χ0) is 15.1. The second-order valence-electron chi connectivity index (χ2n) is 5.01. The molecule has 1 atom stereocenters. The molecule has 0 aliphatic heterocycles. The average Bonchev–Trinajstić information content (AvgIpc) is 2.91. The second kappa shape index (κ2) is 9.60. The molecular formula is C15H25IN6. The van der Waals surface area contributed by atoms with Crippen LogP contribution in [0.3, 0.4) is 0 Å². The van der Waals surface area contributed by atoms with Gasteiger partial charge in [0.1, 0.15) is 5.82 Å². The lowest BCUT2D eigenvalue weighted by Gasteiger charge is -2.16. The molecule has 2 rings (SSSR count). The summed E-state index contributed by atoms with van der Waals surface area (Å²) in [5.74, 6) is 1.80. The fourth-order valence-electron chi connectivity index (χ4n) is 1.98. The lowest BCUT2D eigenvalue weighted by molar-refractivity contribution is 0.624. The molecule has 6 nitrogen and oxygen atoms in total. The summed E-state index contributed by atoms with van der Waals surface area (Å²) in [5, 5.41) is 15.0. The number of nitrogens with one attached hydrogen (secondary N) is 2. The van der Waals surface area contributed by atoms with Crippen LogP contribution in [0.4, 0.5) is 0 Å². The lowest BCUT2D eigenvalue weighted by Crippen LogP contribution is -2.42. The Kier molecular flexibility index (Phi) is 8.15. The molecule has 0 spiro atoms. The average molecular weight is 416 g/mol. The topological polar surface area (TPSA) is 66.6 Å². The van der Waals surface area contributed by atoms with E-state index in [-0.39, 0.29) is 24.0 Å². The normalized spacial score (nSPS) is 12.8. The van der Waals surface area contributed by atoms with Crippen LogP contribution in [0.1, 0.15) is 33.0 Å². The number of nitrogens with zero attached hydrogens (tertiary/aromatic N) is 4. The van der Waals surface area contributed by atoms with Gasteiger partial charge in [0.2, 0.25) is 0 Å². The number of aliphatic imine (C=N–C) groups is 1. The molecule has 2 N–H and O–H groups in total. The Bertz CT molecular complexity index is 594. The maximum atomic E-state index is 4.60. The first-order valence-corrected chi connectivity index (χ1v) is 7.58. The molecular weight excluding hydrogens is 391 g/mol. The molecule has 0 amide bonds. The van der Waals surface area contributed by atoms with Crippen LogP contribution >= 0.6 is 24.0 Å². The molecule has 1 unspecified atom stereocenters. The Morgan fingerprint density at radius 2 is 2.14 bits per heavy atom. The number of halogens is 1. The summed E-state index contributed by atoms with van der Waals surface area (Å²) in [6, 6.07) is 6.31. The highest BCUT2D eigenvalue weighted by Crippen LogP contribution is 2.03. The number of hydrogen-bond donors (Lipinski definition) is 2. The zero-order valence-corrected chi connectivity index (χ0v) is 15.7. The molecule has 0 saturated carbocycles. The Hall–Kier alpha value is -1.38. The fourth-order valence-corrected chi connectivity index (χ4v) is 1.98. The molecule has 0 aromatic carbocycles. The van der Waals surface area contributed by atoms with Gasteiger partial charge in [0.15, 0.2) is 11.6 Å². The minimum Gasteiger partial charge on any atom is -0.357 e. The van der Waals surface area contributed by atoms with E-state index < -0.39 is 0 Å². The third-order valence-electron chi connectivity index (χ3n) is 3.33. The number of aromatic nitrogens is 3. The van der Waals surface area contributed by atoms with E-state index in [1.807, 2.05) is 28.8 Å². The van der Waals surface area contributed by atoms with E-state index in [1.54, 1.807) is 0 Å². The number of rotatable bonds is 6. The Morgan fingerprint density at radius 3 is 2.86 bits per heavy atom. The summed E-state index contributed by atoms with van der Waals surface area (Å²) in [6.45, 7) is 7.92. The van der Waals surface area contributed by atoms with Crippen molar-refractivity contribution in [2.45, 2.75) is 39.7 Å². The van der Waals surface area contributed by atoms with Crippen molar-refractivity contribution in [2.75, 3.05) is 13.1 Å². The van der Waals surface area contributed by atoms with Crippen molar-refractivity contribution in [3.63, 3.8) is 0 Å². The number of pyridine rings is 1. The maximum absolute atomic E-state index is 4.60. The molecule has 0 fully saturated rings. The first-order valence-electron chi connectivity index (χ1n) is 7.58. The molecule has 0 saturated heterocycles. The molecule has 0 aliphatic carbocycles. The highest BCUT2D eigenvalue weighted by molar-refractivity contribution is 14.0. The van der Waals surface area contributed by atoms with Gasteiger partial charge in [0.25, 0.3) is 0 Å². The van der Waals surface area contributed by atoms with Crippen LogP contribution in [0.15, 0.2) is 29.4 Å². The van der Waals surface area contributed by atoms with Gasteiger partial charge < -0.3 is 10.6 Å². The van der Waals surface area contributed by atoms with E-state index in [9.17, 15) is 0 Å². The van der Waals surface area contributed by atoms with Crippen LogP contribution in [-0.2, 0) is 6.42 Å². The highest BCUT2D eigenvalue weighted by atomic mass is 127. The molecule has 2 heterocycles. The van der Waals surface area contributed by atoms with E-state index in [0.29, 0.717) is 12.6 Å². The van der Waals surface area contributed by atoms with Gasteiger partial charge in [-0.2, -0.15) is 0 Å². The van der Waals surface area contributed by atoms with Crippen molar-refractivity contribution in [3.8, 4) is 0 Å². The third kappa shape index (κ3) is 5.11. The van der Waals surface area contributed by atoms with Crippen molar-refractivity contribution in [2.24, 2.45) is 4.99 Å². The third-order valence-corrected chi connectivity index (χ3v) is 3.33. The summed E-state index contributed by atoms with van der Waals surface area (Å²) in [6.07, 6.45) is 3.82. The molecule has 0 radical (unpaired) electrons. The maximum Gasteiger partial charge on any atom is 0.191 e. The second-order valence-corrected chi connectivity index (χ2v) is 5.01. The van der Waals surface area contributed by atoms with Crippen LogP contribution in [-0.4, -0.2) is 39.7 Å². The van der Waals surface area contributed by atoms with Crippen LogP contribution in [0.25, 0.3) is 5.65 Å². The van der Waals surface area contributed by atoms with E-state index in [1.165, 1.54) is 0 Å². The van der Waals surface area contributed by atoms with Crippen molar-refractivity contribution >= 4 is 35.6 Å². The summed E-state index contributed by atoms with van der Waals surface area (Å²) in [5.41, 5.74) is 0.876. The first-order chi connectivity index (χ1) is 10.2. The van der Waals surface area contributed by atoms with E-state index in [0.717, 1.165) is 36.8 Å². The van der Waals surface area contributed by atoms with Crippen molar-refractivity contribution in [3.05, 3.63) is 30.2 Å². The molecule has 2 aromatic heterocycles. The summed E-state index contributed by atoms with van der Waals surface area (Å²) in [4.78, 5) is 4.60. The van der Waals surface area contributed by atoms with Crippen LogP contribution in [0, 0.1) is 0 Å². The van der Waals surface area contributed by atoms with E-state index in [4.69, 9.17) is 0 Å². The van der Waals surface area contributed by atoms with E-state index >= 15 is 0 Å². The fraction of sp³-hybridized carbons (Fsp3) is 0.533. The SMILES string of the molecule is CCNC(=NCCc1nnc2ccccn12)NC(C)CC.I. The molecule has 0 aliphatic rings. The largest absolute Gasteiger partial charge is 0.357 e. The smallest absolute Gasteiger partial charge is 0.191 e. The molecule has 122 valence electrons. The van der Waals surface area contributed by atoms with Crippen LogP contribution in [0.2, 0.25) is 0 Å². The van der Waals surface area contributed by atoms with Gasteiger partial charge in [-0.1, -0.05) is 13.0 Å². The van der Waals surface area contributed by atoms with Crippen molar-refractivity contribution < 1.29 is 0 Å². The zero-order valence-electron chi connectivity index (χ0n) is 13.4. The molecule has 2 aromatic rings. The van der Waals surface area contributed by atoms with Gasteiger partial charge in [-0.25, -0.2) is 0 Å². The van der Waals surface area contributed by atoms with Gasteiger partial charge in [0.05, 0.1) is 0 Å². The van der Waals surface area contributed by atoms with Gasteiger partial charge in [-0.05, 0) is 32.4 Å². The summed E-state index contributed by atoms with van der Waals surface area (Å²) in [7, 11) is 0. The van der Waals surface area contributed by atoms with Gasteiger partial charge in [-0.3, -0.25) is 9.39 Å². The summed E-state index contributed by atoms with van der Waals surface area (Å²) < 4.78 is 2.00. The van der Waals surface area contributed by atoms with Gasteiger partial charge in [0, 0.05) is 31.7 Å². The minimum atomic E-state index is 0. The van der Waals surface area contributed by atoms with Crippen molar-refractivity contribution in [1.82, 2.24) is 25.2 Å². The molecule has 0 bridgehead atoms.